The number of carbonyl (C=O) groups excluding carboxylic acids is 2. The minimum atomic E-state index is -0.323. The number of nitrogens with one attached hydrogen (secondary N) is 2. The van der Waals surface area contributed by atoms with Crippen LogP contribution in [0.3, 0.4) is 0 Å². The highest BCUT2D eigenvalue weighted by atomic mass is 32.1. The lowest BCUT2D eigenvalue weighted by Crippen LogP contribution is -2.52. The summed E-state index contributed by atoms with van der Waals surface area (Å²) in [6.07, 6.45) is 1.67. The first-order chi connectivity index (χ1) is 15.6. The molecule has 0 radical (unpaired) electrons. The number of halogens is 1. The van der Waals surface area contributed by atoms with E-state index in [-0.39, 0.29) is 24.3 Å². The quantitative estimate of drug-likeness (QED) is 0.601. The SMILES string of the molecule is O=C(NCc1cccs1)c1cccnc1N1CCN(C(=O)NCc2cccc(F)c2)CC1. The second kappa shape index (κ2) is 10.2. The number of piperazine rings is 1. The lowest BCUT2D eigenvalue weighted by Gasteiger charge is -2.36. The van der Waals surface area contributed by atoms with Crippen LogP contribution in [-0.2, 0) is 13.1 Å². The maximum atomic E-state index is 13.3. The van der Waals surface area contributed by atoms with Crippen LogP contribution in [0.15, 0.2) is 60.1 Å². The van der Waals surface area contributed by atoms with Crippen LogP contribution in [0, 0.1) is 5.82 Å². The van der Waals surface area contributed by atoms with Gasteiger partial charge in [-0.3, -0.25) is 4.79 Å². The summed E-state index contributed by atoms with van der Waals surface area (Å²) in [4.78, 5) is 34.5. The predicted octanol–water partition coefficient (Wildman–Crippen LogP) is 3.24. The van der Waals surface area contributed by atoms with Crippen molar-refractivity contribution in [1.29, 1.82) is 0 Å². The van der Waals surface area contributed by atoms with E-state index in [0.29, 0.717) is 49.7 Å². The molecule has 32 heavy (non-hydrogen) atoms. The van der Waals surface area contributed by atoms with E-state index in [1.807, 2.05) is 22.4 Å². The Morgan fingerprint density at radius 2 is 1.84 bits per heavy atom. The Hall–Kier alpha value is -3.46. The van der Waals surface area contributed by atoms with Crippen molar-refractivity contribution in [3.63, 3.8) is 0 Å². The number of amides is 3. The van der Waals surface area contributed by atoms with Gasteiger partial charge in [-0.05, 0) is 41.3 Å². The maximum absolute atomic E-state index is 13.3. The van der Waals surface area contributed by atoms with Crippen LogP contribution < -0.4 is 15.5 Å². The number of aromatic nitrogens is 1. The molecule has 3 amide bonds. The van der Waals surface area contributed by atoms with Gasteiger partial charge in [-0.2, -0.15) is 0 Å². The molecule has 1 saturated heterocycles. The molecule has 1 aromatic carbocycles. The summed E-state index contributed by atoms with van der Waals surface area (Å²) in [5.74, 6) is 0.128. The van der Waals surface area contributed by atoms with Crippen LogP contribution in [0.1, 0.15) is 20.8 Å². The first-order valence-electron chi connectivity index (χ1n) is 10.4. The molecule has 0 bridgehead atoms. The standard InChI is InChI=1S/C23H24FN5O2S/c24-18-5-1-4-17(14-18)15-27-23(31)29-11-9-28(10-12-29)21-20(7-2-8-25-21)22(30)26-16-19-6-3-13-32-19/h1-8,13-14H,9-12,15-16H2,(H,26,30)(H,27,31). The third kappa shape index (κ3) is 5.42. The molecule has 2 N–H and O–H groups in total. The van der Waals surface area contributed by atoms with E-state index in [1.165, 1.54) is 12.1 Å². The average Bonchev–Trinajstić information content (AvgIpc) is 3.35. The average molecular weight is 454 g/mol. The number of thiophene rings is 1. The first-order valence-corrected chi connectivity index (χ1v) is 11.3. The molecule has 3 aromatic rings. The van der Waals surface area contributed by atoms with Crippen molar-refractivity contribution < 1.29 is 14.0 Å². The molecule has 4 rings (SSSR count). The molecule has 2 aromatic heterocycles. The Balaban J connectivity index is 1.32. The Kier molecular flexibility index (Phi) is 6.96. The summed E-state index contributed by atoms with van der Waals surface area (Å²) in [5.41, 5.74) is 1.23. The molecule has 1 aliphatic rings. The predicted molar refractivity (Wildman–Crippen MR) is 122 cm³/mol. The fraction of sp³-hybridized carbons (Fsp3) is 0.261. The minimum absolute atomic E-state index is 0.170. The maximum Gasteiger partial charge on any atom is 0.317 e. The number of anilines is 1. The molecule has 0 saturated carbocycles. The van der Waals surface area contributed by atoms with Gasteiger partial charge in [0.15, 0.2) is 0 Å². The van der Waals surface area contributed by atoms with Gasteiger partial charge < -0.3 is 20.4 Å². The van der Waals surface area contributed by atoms with Crippen molar-refractivity contribution in [1.82, 2.24) is 20.5 Å². The van der Waals surface area contributed by atoms with Gasteiger partial charge in [-0.25, -0.2) is 14.2 Å². The van der Waals surface area contributed by atoms with Crippen molar-refractivity contribution in [3.8, 4) is 0 Å². The number of nitrogens with zero attached hydrogens (tertiary/aromatic N) is 3. The van der Waals surface area contributed by atoms with E-state index in [9.17, 15) is 14.0 Å². The third-order valence-corrected chi connectivity index (χ3v) is 6.11. The highest BCUT2D eigenvalue weighted by molar-refractivity contribution is 7.09. The van der Waals surface area contributed by atoms with Crippen molar-refractivity contribution in [2.45, 2.75) is 13.1 Å². The van der Waals surface area contributed by atoms with E-state index < -0.39 is 0 Å². The van der Waals surface area contributed by atoms with Gasteiger partial charge in [0.2, 0.25) is 0 Å². The summed E-state index contributed by atoms with van der Waals surface area (Å²) in [6, 6.07) is 13.4. The molecule has 1 aliphatic heterocycles. The van der Waals surface area contributed by atoms with E-state index in [0.717, 1.165) is 4.88 Å². The zero-order valence-electron chi connectivity index (χ0n) is 17.5. The normalized spacial score (nSPS) is 13.7. The van der Waals surface area contributed by atoms with Gasteiger partial charge in [-0.1, -0.05) is 18.2 Å². The highest BCUT2D eigenvalue weighted by Crippen LogP contribution is 2.19. The highest BCUT2D eigenvalue weighted by Gasteiger charge is 2.24. The van der Waals surface area contributed by atoms with E-state index in [2.05, 4.69) is 15.6 Å². The van der Waals surface area contributed by atoms with Crippen LogP contribution in [0.25, 0.3) is 0 Å². The van der Waals surface area contributed by atoms with Gasteiger partial charge in [0, 0.05) is 43.8 Å². The largest absolute Gasteiger partial charge is 0.352 e. The van der Waals surface area contributed by atoms with Crippen LogP contribution in [0.4, 0.5) is 15.0 Å². The zero-order valence-corrected chi connectivity index (χ0v) is 18.3. The summed E-state index contributed by atoms with van der Waals surface area (Å²) < 4.78 is 13.3. The number of carbonyl (C=O) groups is 2. The molecule has 3 heterocycles. The second-order valence-electron chi connectivity index (χ2n) is 7.40. The molecule has 1 fully saturated rings. The smallest absolute Gasteiger partial charge is 0.317 e. The topological polar surface area (TPSA) is 77.6 Å². The molecule has 0 unspecified atom stereocenters. The Bertz CT molecular complexity index is 1070. The number of hydrogen-bond donors (Lipinski definition) is 2. The van der Waals surface area contributed by atoms with Gasteiger partial charge in [0.05, 0.1) is 12.1 Å². The van der Waals surface area contributed by atoms with Gasteiger partial charge in [0.25, 0.3) is 5.91 Å². The zero-order chi connectivity index (χ0) is 22.3. The molecule has 9 heteroatoms. The molecule has 166 valence electrons. The molecular formula is C23H24FN5O2S. The van der Waals surface area contributed by atoms with Gasteiger partial charge in [0.1, 0.15) is 11.6 Å². The third-order valence-electron chi connectivity index (χ3n) is 5.23. The minimum Gasteiger partial charge on any atom is -0.352 e. The lowest BCUT2D eigenvalue weighted by molar-refractivity contribution is 0.0951. The Morgan fingerprint density at radius 1 is 1.00 bits per heavy atom. The number of hydrogen-bond acceptors (Lipinski definition) is 5. The second-order valence-corrected chi connectivity index (χ2v) is 8.43. The van der Waals surface area contributed by atoms with Gasteiger partial charge in [-0.15, -0.1) is 11.3 Å². The van der Waals surface area contributed by atoms with Crippen LogP contribution in [0.5, 0.6) is 0 Å². The summed E-state index contributed by atoms with van der Waals surface area (Å²) in [5, 5.41) is 7.76. The van der Waals surface area contributed by atoms with E-state index in [4.69, 9.17) is 0 Å². The molecular weight excluding hydrogens is 429 g/mol. The molecule has 0 atom stereocenters. The fourth-order valence-electron chi connectivity index (χ4n) is 3.56. The molecule has 0 spiro atoms. The Labute approximate surface area is 189 Å². The number of pyridine rings is 1. The fourth-order valence-corrected chi connectivity index (χ4v) is 4.20. The van der Waals surface area contributed by atoms with Crippen LogP contribution in [-0.4, -0.2) is 48.0 Å². The summed E-state index contributed by atoms with van der Waals surface area (Å²) in [6.45, 7) is 2.88. The molecule has 7 nitrogen and oxygen atoms in total. The number of urea groups is 1. The van der Waals surface area contributed by atoms with Crippen molar-refractivity contribution in [2.24, 2.45) is 0 Å². The number of benzene rings is 1. The number of rotatable bonds is 6. The van der Waals surface area contributed by atoms with Crippen molar-refractivity contribution in [2.75, 3.05) is 31.1 Å². The lowest BCUT2D eigenvalue weighted by atomic mass is 10.2. The molecule has 0 aliphatic carbocycles. The van der Waals surface area contributed by atoms with Crippen LogP contribution in [0.2, 0.25) is 0 Å². The Morgan fingerprint density at radius 3 is 2.59 bits per heavy atom. The van der Waals surface area contributed by atoms with Crippen molar-refractivity contribution >= 4 is 29.1 Å². The summed E-state index contributed by atoms with van der Waals surface area (Å²) in [7, 11) is 0. The van der Waals surface area contributed by atoms with Crippen LogP contribution >= 0.6 is 11.3 Å². The van der Waals surface area contributed by atoms with Crippen molar-refractivity contribution in [3.05, 3.63) is 81.9 Å². The first kappa shape index (κ1) is 21.8. The summed E-state index contributed by atoms with van der Waals surface area (Å²) >= 11 is 1.60. The monoisotopic (exact) mass is 453 g/mol. The van der Waals surface area contributed by atoms with E-state index in [1.54, 1.807) is 46.7 Å². The van der Waals surface area contributed by atoms with E-state index >= 15 is 0 Å². The van der Waals surface area contributed by atoms with Gasteiger partial charge >= 0.3 is 6.03 Å².